The van der Waals surface area contributed by atoms with Crippen LogP contribution in [0.3, 0.4) is 0 Å². The first-order chi connectivity index (χ1) is 26.4. The fourth-order valence-corrected chi connectivity index (χ4v) is 6.09. The normalized spacial score (nSPS) is 14.0. The molecule has 0 saturated carbocycles. The Bertz CT molecular complexity index is 2660. The monoisotopic (exact) mass is 878 g/mol. The van der Waals surface area contributed by atoms with Crippen molar-refractivity contribution in [1.29, 1.82) is 0 Å². The second-order valence-corrected chi connectivity index (χ2v) is 14.7. The number of hydrogen-bond acceptors (Lipinski definition) is 15. The second-order valence-electron chi connectivity index (χ2n) is 11.6. The maximum atomic E-state index is 11.5. The van der Waals surface area contributed by atoms with Crippen LogP contribution in [0, 0.1) is 13.0 Å². The van der Waals surface area contributed by atoms with E-state index in [1.165, 1.54) is 71.7 Å². The van der Waals surface area contributed by atoms with E-state index in [2.05, 4.69) is 30.7 Å². The first-order valence-corrected chi connectivity index (χ1v) is 18.9. The van der Waals surface area contributed by atoms with Gasteiger partial charge in [0.05, 0.1) is 49.9 Å². The molecule has 5 aromatic rings. The van der Waals surface area contributed by atoms with Crippen molar-refractivity contribution in [3.05, 3.63) is 120 Å². The van der Waals surface area contributed by atoms with Gasteiger partial charge in [-0.25, -0.2) is 41.8 Å². The molecule has 0 amide bonds. The standard InChI is InChI=1S/C17H16N5O5S.C17H15N5O5S.Cr.Na/c2*1-10-15(20-19-14-8-3-2-7-13(14)17(24)25)16(23)22(21-10)11-5-4-6-12(9-11)28(18,26)27;;/h2-9,16,23H,1H3,(H,24,25)(H2,18,26,27);2-9,23H,1H3,(H,24,25)(H2,18,26,27);;/q-1;;;+1. The molecule has 8 N–H and O–H groups in total. The number of aliphatic hydroxyl groups is 1. The van der Waals surface area contributed by atoms with Crippen LogP contribution >= 0.6 is 0 Å². The number of aryl methyl sites for hydroxylation is 1. The Morgan fingerprint density at radius 1 is 0.741 bits per heavy atom. The average Bonchev–Trinajstić information content (AvgIpc) is 3.61. The number of hydrogen-bond donors (Lipinski definition) is 6. The van der Waals surface area contributed by atoms with Crippen LogP contribution in [0.5, 0.6) is 5.88 Å². The number of carbonyl (C=O) groups is 2. The molecule has 2 heterocycles. The van der Waals surface area contributed by atoms with Gasteiger partial charge in [0.1, 0.15) is 5.69 Å². The van der Waals surface area contributed by atoms with Gasteiger partial charge in [-0.05, 0) is 67.6 Å². The summed E-state index contributed by atoms with van der Waals surface area (Å²) < 4.78 is 47.2. The molecule has 1 aliphatic heterocycles. The first-order valence-electron chi connectivity index (χ1n) is 15.8. The number of nitrogens with two attached hydrogens (primary N) is 2. The molecule has 1 aliphatic rings. The second kappa shape index (κ2) is 19.4. The Balaban J connectivity index is 0.000000300. The van der Waals surface area contributed by atoms with Crippen molar-refractivity contribution in [2.45, 2.75) is 29.9 Å². The van der Waals surface area contributed by atoms with Crippen molar-refractivity contribution in [3.63, 3.8) is 0 Å². The molecule has 0 aliphatic carbocycles. The van der Waals surface area contributed by atoms with Crippen LogP contribution < -0.4 is 44.8 Å². The third-order valence-electron chi connectivity index (χ3n) is 7.70. The number of anilines is 1. The summed E-state index contributed by atoms with van der Waals surface area (Å²) in [5.74, 6) is -2.70. The Kier molecular flexibility index (Phi) is 15.8. The van der Waals surface area contributed by atoms with Gasteiger partial charge in [-0.2, -0.15) is 20.9 Å². The Morgan fingerprint density at radius 2 is 1.22 bits per heavy atom. The third kappa shape index (κ3) is 11.0. The SMILES string of the molecule is CC1=NN(c2cccc(S(N)(=O)=O)c2)C(O)[C-]1N=Nc1ccccc1C(=O)O.Cc1nn(-c2cccc(S(N)(=O)=O)c2)c(O)c1N=Nc1ccccc1C(=O)O.[Cr].[Na+]. The van der Waals surface area contributed by atoms with Gasteiger partial charge in [0.25, 0.3) is 0 Å². The van der Waals surface area contributed by atoms with E-state index in [0.29, 0.717) is 11.4 Å². The number of hydrazone groups is 1. The van der Waals surface area contributed by atoms with E-state index in [1.54, 1.807) is 44.2 Å². The van der Waals surface area contributed by atoms with Crippen LogP contribution in [0.1, 0.15) is 33.3 Å². The predicted molar refractivity (Wildman–Crippen MR) is 199 cm³/mol. The van der Waals surface area contributed by atoms with Crippen molar-refractivity contribution in [3.8, 4) is 11.6 Å². The number of carboxylic acid groups (broad SMARTS) is 2. The van der Waals surface area contributed by atoms with Crippen molar-refractivity contribution >= 4 is 60.4 Å². The van der Waals surface area contributed by atoms with Crippen LogP contribution in [0.15, 0.2) is 132 Å². The smallest absolute Gasteiger partial charge is 0.492 e. The maximum Gasteiger partial charge on any atom is 1.00 e. The summed E-state index contributed by atoms with van der Waals surface area (Å²) in [4.78, 5) is 22.2. The number of aromatic hydroxyl groups is 1. The number of carboxylic acids is 2. The topological polar surface area (TPSA) is 318 Å². The van der Waals surface area contributed by atoms with Gasteiger partial charge in [-0.3, -0.25) is 5.01 Å². The molecule has 1 atom stereocenters. The third-order valence-corrected chi connectivity index (χ3v) is 9.53. The van der Waals surface area contributed by atoms with E-state index >= 15 is 0 Å². The summed E-state index contributed by atoms with van der Waals surface area (Å²) in [6.45, 7) is 3.15. The molecule has 296 valence electrons. The predicted octanol–water partition coefficient (Wildman–Crippen LogP) is 1.51. The number of azo groups is 2. The fraction of sp³-hybridized carbons (Fsp3) is 0.0882. The molecule has 1 unspecified atom stereocenters. The minimum atomic E-state index is -3.93. The van der Waals surface area contributed by atoms with Crippen molar-refractivity contribution in [2.24, 2.45) is 35.8 Å². The quantitative estimate of drug-likeness (QED) is 0.0661. The van der Waals surface area contributed by atoms with Crippen LogP contribution in [-0.2, 0) is 37.4 Å². The number of aromatic nitrogens is 2. The molecule has 58 heavy (non-hydrogen) atoms. The van der Waals surface area contributed by atoms with E-state index < -0.39 is 38.2 Å². The molecule has 0 radical (unpaired) electrons. The summed E-state index contributed by atoms with van der Waals surface area (Å²) in [5, 5.41) is 74.8. The van der Waals surface area contributed by atoms with E-state index in [0.717, 1.165) is 4.68 Å². The molecule has 6 rings (SSSR count). The van der Waals surface area contributed by atoms with Crippen molar-refractivity contribution < 1.29 is 93.8 Å². The average molecular weight is 879 g/mol. The number of sulfonamides is 2. The number of benzene rings is 4. The number of primary sulfonamides is 2. The van der Waals surface area contributed by atoms with Gasteiger partial charge in [0.15, 0.2) is 5.69 Å². The van der Waals surface area contributed by atoms with E-state index in [9.17, 15) is 46.9 Å². The Morgan fingerprint density at radius 3 is 1.74 bits per heavy atom. The van der Waals surface area contributed by atoms with E-state index in [-0.39, 0.29) is 108 Å². The summed E-state index contributed by atoms with van der Waals surface area (Å²) in [6, 6.07) is 23.3. The minimum absolute atomic E-state index is 0. The number of aromatic carboxylic acids is 2. The van der Waals surface area contributed by atoms with Gasteiger partial charge in [-0.15, -0.1) is 10.2 Å². The summed E-state index contributed by atoms with van der Waals surface area (Å²) >= 11 is 0. The molecule has 4 aromatic carbocycles. The maximum absolute atomic E-state index is 11.5. The number of nitrogens with zero attached hydrogens (tertiary/aromatic N) is 8. The molecule has 20 nitrogen and oxygen atoms in total. The molecule has 0 fully saturated rings. The van der Waals surface area contributed by atoms with Gasteiger partial charge >= 0.3 is 41.5 Å². The van der Waals surface area contributed by atoms with Crippen molar-refractivity contribution in [2.75, 3.05) is 5.01 Å². The minimum Gasteiger partial charge on any atom is -0.492 e. The molecular formula is C34H31CrN10NaO10S2. The van der Waals surface area contributed by atoms with Crippen LogP contribution in [0.4, 0.5) is 22.7 Å². The van der Waals surface area contributed by atoms with Gasteiger partial charge in [0, 0.05) is 17.4 Å². The van der Waals surface area contributed by atoms with E-state index in [4.69, 9.17) is 10.3 Å². The summed E-state index contributed by atoms with van der Waals surface area (Å²) in [5.41, 5.74) is 1.34. The first kappa shape index (κ1) is 47.1. The molecule has 0 bridgehead atoms. The molecular weight excluding hydrogens is 848 g/mol. The molecule has 24 heteroatoms. The zero-order chi connectivity index (χ0) is 40.9. The zero-order valence-corrected chi connectivity index (χ0v) is 35.4. The molecule has 0 spiro atoms. The number of rotatable bonds is 10. The van der Waals surface area contributed by atoms with Crippen LogP contribution in [-0.4, -0.2) is 70.9 Å². The van der Waals surface area contributed by atoms with Crippen LogP contribution in [0.25, 0.3) is 5.69 Å². The number of aliphatic hydroxyl groups excluding tert-OH is 1. The summed E-state index contributed by atoms with van der Waals surface area (Å²) in [7, 11) is -7.85. The van der Waals surface area contributed by atoms with E-state index in [1.807, 2.05) is 0 Å². The van der Waals surface area contributed by atoms with Gasteiger partial charge in [0.2, 0.25) is 25.9 Å². The molecule has 0 saturated heterocycles. The van der Waals surface area contributed by atoms with Gasteiger partial charge < -0.3 is 25.5 Å². The Hall–Kier alpha value is -5.32. The van der Waals surface area contributed by atoms with Crippen LogP contribution in [0.2, 0.25) is 0 Å². The zero-order valence-electron chi connectivity index (χ0n) is 30.5. The van der Waals surface area contributed by atoms with Gasteiger partial charge in [-0.1, -0.05) is 49.0 Å². The fourth-order valence-electron chi connectivity index (χ4n) is 4.99. The van der Waals surface area contributed by atoms with Crippen molar-refractivity contribution in [1.82, 2.24) is 9.78 Å². The molecule has 1 aromatic heterocycles. The Labute approximate surface area is 363 Å². The summed E-state index contributed by atoms with van der Waals surface area (Å²) in [6.07, 6.45) is -1.34. The largest absolute Gasteiger partial charge is 1.00 e.